The Labute approximate surface area is 197 Å². The van der Waals surface area contributed by atoms with Gasteiger partial charge in [-0.25, -0.2) is 4.98 Å². The van der Waals surface area contributed by atoms with Crippen LogP contribution in [0.25, 0.3) is 22.7 Å². The molecule has 3 rings (SSSR count). The number of unbranched alkanes of at least 4 members (excludes halogenated alkanes) is 6. The van der Waals surface area contributed by atoms with Gasteiger partial charge < -0.3 is 14.5 Å². The highest BCUT2D eigenvalue weighted by Gasteiger charge is 2.10. The van der Waals surface area contributed by atoms with Gasteiger partial charge in [-0.2, -0.15) is 5.26 Å². The quantitative estimate of drug-likeness (QED) is 0.219. The first kappa shape index (κ1) is 24.4. The van der Waals surface area contributed by atoms with Crippen LogP contribution in [-0.4, -0.2) is 23.2 Å². The molecular formula is C28H35N3O2. The molecule has 3 aromatic rings. The van der Waals surface area contributed by atoms with E-state index >= 15 is 0 Å². The van der Waals surface area contributed by atoms with E-state index in [0.717, 1.165) is 34.3 Å². The molecule has 33 heavy (non-hydrogen) atoms. The molecule has 5 heteroatoms. The van der Waals surface area contributed by atoms with Crippen molar-refractivity contribution in [3.63, 3.8) is 0 Å². The number of H-pyrrole nitrogens is 1. The molecule has 0 saturated carbocycles. The molecule has 5 nitrogen and oxygen atoms in total. The van der Waals surface area contributed by atoms with Crippen LogP contribution in [0.2, 0.25) is 0 Å². The summed E-state index contributed by atoms with van der Waals surface area (Å²) in [6.07, 6.45) is 10.6. The molecular weight excluding hydrogens is 410 g/mol. The molecule has 0 aliphatic carbocycles. The van der Waals surface area contributed by atoms with E-state index in [0.29, 0.717) is 30.4 Å². The molecule has 0 spiro atoms. The smallest absolute Gasteiger partial charge is 0.161 e. The van der Waals surface area contributed by atoms with Crippen molar-refractivity contribution in [3.05, 3.63) is 53.3 Å². The third kappa shape index (κ3) is 7.12. The number of imidazole rings is 1. The predicted molar refractivity (Wildman–Crippen MR) is 135 cm³/mol. The van der Waals surface area contributed by atoms with E-state index < -0.39 is 0 Å². The minimum atomic E-state index is 0.475. The molecule has 0 radical (unpaired) electrons. The largest absolute Gasteiger partial charge is 0.490 e. The first-order valence-corrected chi connectivity index (χ1v) is 12.1. The van der Waals surface area contributed by atoms with Crippen LogP contribution < -0.4 is 9.47 Å². The monoisotopic (exact) mass is 445 g/mol. The first-order valence-electron chi connectivity index (χ1n) is 12.1. The van der Waals surface area contributed by atoms with Crippen molar-refractivity contribution in [1.82, 2.24) is 9.97 Å². The Balaban J connectivity index is 1.67. The minimum absolute atomic E-state index is 0.475. The van der Waals surface area contributed by atoms with E-state index in [1.165, 1.54) is 38.5 Å². The van der Waals surface area contributed by atoms with Crippen LogP contribution in [0.5, 0.6) is 11.5 Å². The van der Waals surface area contributed by atoms with Gasteiger partial charge >= 0.3 is 0 Å². The van der Waals surface area contributed by atoms with Crippen LogP contribution in [0, 0.1) is 18.3 Å². The number of nitrogens with zero attached hydrogens (tertiary/aromatic N) is 2. The molecule has 2 aromatic carbocycles. The molecule has 0 bridgehead atoms. The second-order valence-electron chi connectivity index (χ2n) is 8.38. The van der Waals surface area contributed by atoms with Crippen LogP contribution in [-0.2, 0) is 0 Å². The van der Waals surface area contributed by atoms with Crippen LogP contribution in [0.4, 0.5) is 0 Å². The molecule has 0 fully saturated rings. The van der Waals surface area contributed by atoms with Gasteiger partial charge in [-0.05, 0) is 61.7 Å². The Hall–Kier alpha value is -3.26. The van der Waals surface area contributed by atoms with Crippen LogP contribution >= 0.6 is 0 Å². The van der Waals surface area contributed by atoms with Crippen molar-refractivity contribution in [2.24, 2.45) is 0 Å². The fourth-order valence-corrected chi connectivity index (χ4v) is 3.81. The van der Waals surface area contributed by atoms with Crippen LogP contribution in [0.3, 0.4) is 0 Å². The molecule has 0 saturated heterocycles. The van der Waals surface area contributed by atoms with Crippen molar-refractivity contribution < 1.29 is 9.47 Å². The number of aromatic amines is 1. The Morgan fingerprint density at radius 1 is 0.970 bits per heavy atom. The second kappa shape index (κ2) is 12.7. The third-order valence-electron chi connectivity index (χ3n) is 5.60. The van der Waals surface area contributed by atoms with Gasteiger partial charge in [-0.1, -0.05) is 57.6 Å². The molecule has 1 aromatic heterocycles. The number of hydrogen-bond acceptors (Lipinski definition) is 4. The average molecular weight is 446 g/mol. The van der Waals surface area contributed by atoms with Gasteiger partial charge in [0.1, 0.15) is 11.9 Å². The average Bonchev–Trinajstić information content (AvgIpc) is 3.23. The molecule has 0 amide bonds. The zero-order valence-electron chi connectivity index (χ0n) is 20.1. The fraction of sp³-hybridized carbons (Fsp3) is 0.429. The van der Waals surface area contributed by atoms with E-state index in [1.807, 2.05) is 56.3 Å². The Morgan fingerprint density at radius 2 is 1.76 bits per heavy atom. The van der Waals surface area contributed by atoms with E-state index in [9.17, 15) is 5.26 Å². The summed E-state index contributed by atoms with van der Waals surface area (Å²) in [5.41, 5.74) is 4.27. The van der Waals surface area contributed by atoms with Gasteiger partial charge in [0.25, 0.3) is 0 Å². The summed E-state index contributed by atoms with van der Waals surface area (Å²) in [5.74, 6) is 2.01. The summed E-state index contributed by atoms with van der Waals surface area (Å²) in [7, 11) is 0. The van der Waals surface area contributed by atoms with Crippen molar-refractivity contribution in [1.29, 1.82) is 5.26 Å². The van der Waals surface area contributed by atoms with E-state index in [2.05, 4.69) is 23.0 Å². The van der Waals surface area contributed by atoms with Crippen molar-refractivity contribution in [2.45, 2.75) is 65.7 Å². The number of aryl methyl sites for hydroxylation is 1. The van der Waals surface area contributed by atoms with Gasteiger partial charge in [0.15, 0.2) is 11.5 Å². The SMILES string of the molecule is CCCCCCCCCOc1ccc(/C=C(/C#N)c2nc3ccc(C)cc3[nH]2)cc1OCC. The summed E-state index contributed by atoms with van der Waals surface area (Å²) in [6, 6.07) is 14.1. The molecule has 0 atom stereocenters. The molecule has 1 heterocycles. The van der Waals surface area contributed by atoms with E-state index in [1.54, 1.807) is 0 Å². The first-order chi connectivity index (χ1) is 16.1. The second-order valence-corrected chi connectivity index (χ2v) is 8.38. The highest BCUT2D eigenvalue weighted by atomic mass is 16.5. The number of hydrogen-bond donors (Lipinski definition) is 1. The molecule has 1 N–H and O–H groups in total. The standard InChI is InChI=1S/C28H35N3O2/c1-4-6-7-8-9-10-11-16-33-26-15-13-22(19-27(26)32-5-2)18-23(20-29)28-30-24-14-12-21(3)17-25(24)31-28/h12-15,17-19H,4-11,16H2,1-3H3,(H,30,31)/b23-18-. The van der Waals surface area contributed by atoms with E-state index in [4.69, 9.17) is 9.47 Å². The summed E-state index contributed by atoms with van der Waals surface area (Å²) >= 11 is 0. The van der Waals surface area contributed by atoms with Gasteiger partial charge in [-0.15, -0.1) is 0 Å². The summed E-state index contributed by atoms with van der Waals surface area (Å²) in [4.78, 5) is 7.83. The zero-order valence-corrected chi connectivity index (χ0v) is 20.1. The Bertz CT molecular complexity index is 1110. The molecule has 174 valence electrons. The van der Waals surface area contributed by atoms with Gasteiger partial charge in [0.05, 0.1) is 29.8 Å². The normalized spacial score (nSPS) is 11.5. The lowest BCUT2D eigenvalue weighted by molar-refractivity contribution is 0.270. The van der Waals surface area contributed by atoms with Crippen LogP contribution in [0.15, 0.2) is 36.4 Å². The predicted octanol–water partition coefficient (Wildman–Crippen LogP) is 7.46. The number of benzene rings is 2. The lowest BCUT2D eigenvalue weighted by Crippen LogP contribution is -2.01. The van der Waals surface area contributed by atoms with E-state index in [-0.39, 0.29) is 0 Å². The lowest BCUT2D eigenvalue weighted by Gasteiger charge is -2.13. The van der Waals surface area contributed by atoms with Crippen LogP contribution in [0.1, 0.15) is 75.7 Å². The Kier molecular flexibility index (Phi) is 9.38. The highest BCUT2D eigenvalue weighted by Crippen LogP contribution is 2.30. The zero-order chi connectivity index (χ0) is 23.5. The topological polar surface area (TPSA) is 70.9 Å². The third-order valence-corrected chi connectivity index (χ3v) is 5.60. The number of rotatable bonds is 13. The highest BCUT2D eigenvalue weighted by molar-refractivity contribution is 5.90. The van der Waals surface area contributed by atoms with Crippen molar-refractivity contribution in [2.75, 3.05) is 13.2 Å². The summed E-state index contributed by atoms with van der Waals surface area (Å²) < 4.78 is 11.8. The fourth-order valence-electron chi connectivity index (χ4n) is 3.81. The summed E-state index contributed by atoms with van der Waals surface area (Å²) in [6.45, 7) is 7.47. The lowest BCUT2D eigenvalue weighted by atomic mass is 10.1. The van der Waals surface area contributed by atoms with Gasteiger partial charge in [0.2, 0.25) is 0 Å². The molecule has 0 unspecified atom stereocenters. The molecule has 0 aliphatic heterocycles. The maximum Gasteiger partial charge on any atom is 0.161 e. The number of aromatic nitrogens is 2. The maximum atomic E-state index is 9.75. The number of ether oxygens (including phenoxy) is 2. The number of nitrogens with one attached hydrogen (secondary N) is 1. The number of fused-ring (bicyclic) bond motifs is 1. The minimum Gasteiger partial charge on any atom is -0.490 e. The molecule has 0 aliphatic rings. The Morgan fingerprint density at radius 3 is 2.52 bits per heavy atom. The maximum absolute atomic E-state index is 9.75. The van der Waals surface area contributed by atoms with Gasteiger partial charge in [0, 0.05) is 0 Å². The summed E-state index contributed by atoms with van der Waals surface area (Å²) in [5, 5.41) is 9.75. The van der Waals surface area contributed by atoms with Gasteiger partial charge in [-0.3, -0.25) is 0 Å². The number of nitriles is 1. The van der Waals surface area contributed by atoms with Crippen molar-refractivity contribution >= 4 is 22.7 Å². The van der Waals surface area contributed by atoms with Crippen molar-refractivity contribution in [3.8, 4) is 17.6 Å². The number of allylic oxidation sites excluding steroid dienone is 1.